The number of fused-ring (bicyclic) bond motifs is 3. The minimum Gasteiger partial charge on any atom is -0.248 e. The van der Waals surface area contributed by atoms with Crippen LogP contribution in [-0.4, -0.2) is 19.6 Å². The first-order chi connectivity index (χ1) is 10.2. The minimum atomic E-state index is 0.332. The van der Waals surface area contributed by atoms with Gasteiger partial charge in [-0.2, -0.15) is 0 Å². The summed E-state index contributed by atoms with van der Waals surface area (Å²) in [6.45, 7) is 0. The number of halogens is 2. The molecule has 0 atom stereocenters. The Labute approximate surface area is 130 Å². The Morgan fingerprint density at radius 1 is 0.857 bits per heavy atom. The monoisotopic (exact) mass is 314 g/mol. The maximum atomic E-state index is 6.31. The molecule has 0 radical (unpaired) electrons. The maximum Gasteiger partial charge on any atom is 0.210 e. The molecule has 0 N–H and O–H groups in total. The largest absolute Gasteiger partial charge is 0.248 e. The van der Waals surface area contributed by atoms with Crippen LogP contribution in [0.25, 0.3) is 27.9 Å². The lowest BCUT2D eigenvalue weighted by Crippen LogP contribution is -1.95. The van der Waals surface area contributed by atoms with Crippen LogP contribution in [0.2, 0.25) is 10.3 Å². The average Bonchev–Trinajstić information content (AvgIpc) is 2.94. The van der Waals surface area contributed by atoms with Gasteiger partial charge in [-0.05, 0) is 48.0 Å². The maximum absolute atomic E-state index is 6.31. The Kier molecular flexibility index (Phi) is 2.80. The SMILES string of the molecule is Clc1ccc(-c2nnc3c4ccccc4nc(Cl)n23)cc1. The van der Waals surface area contributed by atoms with Crippen LogP contribution in [0.3, 0.4) is 0 Å². The lowest BCUT2D eigenvalue weighted by atomic mass is 10.2. The normalized spacial score (nSPS) is 11.3. The van der Waals surface area contributed by atoms with Gasteiger partial charge >= 0.3 is 0 Å². The molecule has 0 fully saturated rings. The Morgan fingerprint density at radius 2 is 1.62 bits per heavy atom. The van der Waals surface area contributed by atoms with E-state index in [0.717, 1.165) is 16.5 Å². The molecular formula is C15H8Cl2N4. The van der Waals surface area contributed by atoms with Crippen LogP contribution in [0.4, 0.5) is 0 Å². The zero-order valence-electron chi connectivity index (χ0n) is 10.7. The van der Waals surface area contributed by atoms with Gasteiger partial charge in [0, 0.05) is 16.0 Å². The Bertz CT molecular complexity index is 961. The van der Waals surface area contributed by atoms with Crippen molar-refractivity contribution in [2.45, 2.75) is 0 Å². The second kappa shape index (κ2) is 4.69. The van der Waals surface area contributed by atoms with E-state index in [1.54, 1.807) is 16.5 Å². The van der Waals surface area contributed by atoms with Gasteiger partial charge in [-0.15, -0.1) is 10.2 Å². The summed E-state index contributed by atoms with van der Waals surface area (Å²) in [4.78, 5) is 4.40. The van der Waals surface area contributed by atoms with E-state index in [-0.39, 0.29) is 0 Å². The number of hydrogen-bond acceptors (Lipinski definition) is 3. The molecule has 0 saturated carbocycles. The van der Waals surface area contributed by atoms with Crippen LogP contribution in [0.15, 0.2) is 48.5 Å². The van der Waals surface area contributed by atoms with Crippen molar-refractivity contribution in [3.8, 4) is 11.4 Å². The molecule has 0 aliphatic heterocycles. The summed E-state index contributed by atoms with van der Waals surface area (Å²) in [5.74, 6) is 0.643. The predicted molar refractivity (Wildman–Crippen MR) is 83.7 cm³/mol. The average molecular weight is 315 g/mol. The van der Waals surface area contributed by atoms with Gasteiger partial charge in [-0.25, -0.2) is 9.38 Å². The fraction of sp³-hybridized carbons (Fsp3) is 0. The standard InChI is InChI=1S/C15H8Cl2N4/c16-10-7-5-9(6-8-10)13-19-20-14-11-3-1-2-4-12(11)18-15(17)21(13)14/h1-8H. The summed E-state index contributed by atoms with van der Waals surface area (Å²) in [7, 11) is 0. The highest BCUT2D eigenvalue weighted by molar-refractivity contribution is 6.30. The highest BCUT2D eigenvalue weighted by Crippen LogP contribution is 2.27. The fourth-order valence-electron chi connectivity index (χ4n) is 2.33. The predicted octanol–water partition coefficient (Wildman–Crippen LogP) is 4.25. The molecule has 0 spiro atoms. The summed E-state index contributed by atoms with van der Waals surface area (Å²) in [6, 6.07) is 15.1. The van der Waals surface area contributed by atoms with Crippen molar-refractivity contribution in [2.24, 2.45) is 0 Å². The third kappa shape index (κ3) is 1.95. The summed E-state index contributed by atoms with van der Waals surface area (Å²) >= 11 is 12.2. The first-order valence-corrected chi connectivity index (χ1v) is 7.05. The third-order valence-corrected chi connectivity index (χ3v) is 3.81. The van der Waals surface area contributed by atoms with Crippen LogP contribution in [0.5, 0.6) is 0 Å². The zero-order chi connectivity index (χ0) is 14.4. The van der Waals surface area contributed by atoms with E-state index in [1.807, 2.05) is 36.4 Å². The number of rotatable bonds is 1. The van der Waals surface area contributed by atoms with Gasteiger partial charge in [0.05, 0.1) is 5.52 Å². The number of hydrogen-bond donors (Lipinski definition) is 0. The van der Waals surface area contributed by atoms with Crippen molar-refractivity contribution < 1.29 is 0 Å². The molecule has 2 aromatic carbocycles. The molecule has 0 aliphatic carbocycles. The van der Waals surface area contributed by atoms with E-state index in [9.17, 15) is 0 Å². The summed E-state index contributed by atoms with van der Waals surface area (Å²) in [6.07, 6.45) is 0. The van der Waals surface area contributed by atoms with Crippen LogP contribution in [0, 0.1) is 0 Å². The van der Waals surface area contributed by atoms with E-state index in [2.05, 4.69) is 15.2 Å². The highest BCUT2D eigenvalue weighted by atomic mass is 35.5. The van der Waals surface area contributed by atoms with Crippen molar-refractivity contribution >= 4 is 39.8 Å². The minimum absolute atomic E-state index is 0.332. The lowest BCUT2D eigenvalue weighted by molar-refractivity contribution is 1.09. The number of nitrogens with zero attached hydrogens (tertiary/aromatic N) is 4. The van der Waals surface area contributed by atoms with Gasteiger partial charge < -0.3 is 0 Å². The summed E-state index contributed by atoms with van der Waals surface area (Å²) in [5.41, 5.74) is 2.37. The highest BCUT2D eigenvalue weighted by Gasteiger charge is 2.14. The second-order valence-corrected chi connectivity index (χ2v) is 5.36. The molecule has 21 heavy (non-hydrogen) atoms. The third-order valence-electron chi connectivity index (χ3n) is 3.31. The van der Waals surface area contributed by atoms with Crippen LogP contribution >= 0.6 is 23.2 Å². The molecule has 0 bridgehead atoms. The van der Waals surface area contributed by atoms with Crippen molar-refractivity contribution in [1.82, 2.24) is 19.6 Å². The van der Waals surface area contributed by atoms with Gasteiger partial charge in [0.15, 0.2) is 11.5 Å². The van der Waals surface area contributed by atoms with Crippen molar-refractivity contribution in [1.29, 1.82) is 0 Å². The second-order valence-electron chi connectivity index (χ2n) is 4.59. The lowest BCUT2D eigenvalue weighted by Gasteiger charge is -2.04. The molecule has 0 unspecified atom stereocenters. The quantitative estimate of drug-likeness (QED) is 0.493. The van der Waals surface area contributed by atoms with Gasteiger partial charge in [0.1, 0.15) is 0 Å². The first kappa shape index (κ1) is 12.6. The molecule has 0 saturated heterocycles. The molecule has 4 aromatic rings. The molecule has 4 nitrogen and oxygen atoms in total. The fourth-order valence-corrected chi connectivity index (χ4v) is 2.71. The van der Waals surface area contributed by atoms with Crippen LogP contribution < -0.4 is 0 Å². The van der Waals surface area contributed by atoms with Crippen molar-refractivity contribution in [3.63, 3.8) is 0 Å². The van der Waals surface area contributed by atoms with E-state index >= 15 is 0 Å². The molecule has 2 aromatic heterocycles. The first-order valence-electron chi connectivity index (χ1n) is 6.29. The number of para-hydroxylation sites is 1. The Hall–Kier alpha value is -2.17. The Morgan fingerprint density at radius 3 is 2.43 bits per heavy atom. The number of aromatic nitrogens is 4. The van der Waals surface area contributed by atoms with Crippen molar-refractivity contribution in [2.75, 3.05) is 0 Å². The summed E-state index contributed by atoms with van der Waals surface area (Å²) < 4.78 is 1.74. The molecule has 102 valence electrons. The van der Waals surface area contributed by atoms with Gasteiger partial charge in [0.25, 0.3) is 0 Å². The van der Waals surface area contributed by atoms with E-state index in [4.69, 9.17) is 23.2 Å². The van der Waals surface area contributed by atoms with Gasteiger partial charge in [-0.3, -0.25) is 0 Å². The van der Waals surface area contributed by atoms with Crippen LogP contribution in [-0.2, 0) is 0 Å². The topological polar surface area (TPSA) is 43.1 Å². The van der Waals surface area contributed by atoms with Gasteiger partial charge in [0.2, 0.25) is 5.28 Å². The molecule has 4 rings (SSSR count). The molecule has 0 aliphatic rings. The van der Waals surface area contributed by atoms with E-state index < -0.39 is 0 Å². The van der Waals surface area contributed by atoms with E-state index in [1.165, 1.54) is 0 Å². The van der Waals surface area contributed by atoms with Crippen molar-refractivity contribution in [3.05, 3.63) is 58.8 Å². The van der Waals surface area contributed by atoms with Gasteiger partial charge in [-0.1, -0.05) is 23.7 Å². The van der Waals surface area contributed by atoms with Crippen LogP contribution in [0.1, 0.15) is 0 Å². The molecular weight excluding hydrogens is 307 g/mol. The molecule has 2 heterocycles. The smallest absolute Gasteiger partial charge is 0.210 e. The van der Waals surface area contributed by atoms with E-state index in [0.29, 0.717) is 21.8 Å². The zero-order valence-corrected chi connectivity index (χ0v) is 12.2. The number of benzene rings is 2. The molecule has 0 amide bonds. The summed E-state index contributed by atoms with van der Waals surface area (Å²) in [5, 5.41) is 10.4. The Balaban J connectivity index is 2.08. The molecule has 6 heteroatoms.